The number of nitriles is 1. The van der Waals surface area contributed by atoms with E-state index in [0.29, 0.717) is 33.8 Å². The first-order chi connectivity index (χ1) is 18.4. The molecule has 2 aromatic rings. The van der Waals surface area contributed by atoms with Gasteiger partial charge >= 0.3 is 0 Å². The van der Waals surface area contributed by atoms with E-state index in [0.717, 1.165) is 63.0 Å². The smallest absolute Gasteiger partial charge is 0.270 e. The average molecular weight is 549 g/mol. The summed E-state index contributed by atoms with van der Waals surface area (Å²) in [6.07, 6.45) is 7.99. The molecule has 200 valence electrons. The lowest BCUT2D eigenvalue weighted by Gasteiger charge is -2.36. The maximum Gasteiger partial charge on any atom is 0.270 e. The number of carbonyl (C=O) groups is 1. The number of nitrogens with zero attached hydrogens (tertiary/aromatic N) is 4. The molecule has 0 bridgehead atoms. The highest BCUT2D eigenvalue weighted by Crippen LogP contribution is 2.37. The second kappa shape index (κ2) is 12.8. The van der Waals surface area contributed by atoms with Gasteiger partial charge in [0.05, 0.1) is 4.91 Å². The van der Waals surface area contributed by atoms with Crippen LogP contribution in [-0.2, 0) is 17.8 Å². The molecule has 2 aliphatic rings. The molecule has 1 aromatic carbocycles. The van der Waals surface area contributed by atoms with Gasteiger partial charge in [-0.3, -0.25) is 19.1 Å². The van der Waals surface area contributed by atoms with Gasteiger partial charge in [-0.1, -0.05) is 74.1 Å². The maximum atomic E-state index is 13.3. The number of hydrogen-bond donors (Lipinski definition) is 0. The van der Waals surface area contributed by atoms with Crippen LogP contribution in [0, 0.1) is 24.2 Å². The number of anilines is 1. The molecule has 0 aliphatic carbocycles. The summed E-state index contributed by atoms with van der Waals surface area (Å²) in [6, 6.07) is 12.7. The van der Waals surface area contributed by atoms with Crippen molar-refractivity contribution in [3.63, 3.8) is 0 Å². The minimum Gasteiger partial charge on any atom is -0.357 e. The van der Waals surface area contributed by atoms with Gasteiger partial charge in [0.25, 0.3) is 11.5 Å². The van der Waals surface area contributed by atoms with Gasteiger partial charge in [0.15, 0.2) is 0 Å². The Morgan fingerprint density at radius 1 is 1.13 bits per heavy atom. The zero-order chi connectivity index (χ0) is 27.2. The van der Waals surface area contributed by atoms with Gasteiger partial charge in [-0.05, 0) is 62.7 Å². The fourth-order valence-electron chi connectivity index (χ4n) is 5.42. The summed E-state index contributed by atoms with van der Waals surface area (Å²) < 4.78 is 2.28. The fourth-order valence-corrected chi connectivity index (χ4v) is 6.71. The Kier molecular flexibility index (Phi) is 9.45. The molecule has 0 unspecified atom stereocenters. The van der Waals surface area contributed by atoms with Crippen LogP contribution in [0.25, 0.3) is 6.08 Å². The Morgan fingerprint density at radius 2 is 1.84 bits per heavy atom. The van der Waals surface area contributed by atoms with E-state index in [4.69, 9.17) is 12.2 Å². The Labute approximate surface area is 235 Å². The van der Waals surface area contributed by atoms with E-state index in [1.165, 1.54) is 17.3 Å². The van der Waals surface area contributed by atoms with Crippen molar-refractivity contribution in [1.82, 2.24) is 9.47 Å². The van der Waals surface area contributed by atoms with Crippen LogP contribution in [0.1, 0.15) is 68.2 Å². The number of piperidine rings is 1. The third kappa shape index (κ3) is 5.89. The van der Waals surface area contributed by atoms with E-state index in [2.05, 4.69) is 42.2 Å². The van der Waals surface area contributed by atoms with Crippen LogP contribution in [0.4, 0.5) is 5.82 Å². The molecular formula is C30H36N4O2S2. The molecule has 4 rings (SSSR count). The summed E-state index contributed by atoms with van der Waals surface area (Å²) in [5.41, 5.74) is 2.63. The normalized spacial score (nSPS) is 17.5. The SMILES string of the molecule is CCCCCN1C(=O)C(=Cc2c(C)c(C#N)c(=O)n(CC)c2N2CCC(Cc3ccccc3)CC2)SC1=S. The number of carbonyl (C=O) groups excluding carboxylic acids is 1. The largest absolute Gasteiger partial charge is 0.357 e. The standard InChI is InChI=1S/C30H36N4O2S2/c1-4-6-10-15-34-29(36)26(38-30(34)37)19-24-21(3)25(20-31)28(35)33(5-2)27(24)32-16-13-23(14-17-32)18-22-11-8-7-9-12-22/h7-9,11-12,19,23H,4-6,10,13-18H2,1-3H3. The van der Waals surface area contributed by atoms with Crippen LogP contribution in [0.15, 0.2) is 40.0 Å². The van der Waals surface area contributed by atoms with Gasteiger partial charge in [-0.15, -0.1) is 0 Å². The number of thiocarbonyl (C=S) groups is 1. The molecule has 2 saturated heterocycles. The Hall–Kier alpha value is -2.89. The van der Waals surface area contributed by atoms with E-state index >= 15 is 0 Å². The van der Waals surface area contributed by atoms with Gasteiger partial charge < -0.3 is 4.90 Å². The Bertz CT molecular complexity index is 1320. The number of pyridine rings is 1. The third-order valence-electron chi connectivity index (χ3n) is 7.58. The summed E-state index contributed by atoms with van der Waals surface area (Å²) >= 11 is 6.86. The van der Waals surface area contributed by atoms with Crippen molar-refractivity contribution < 1.29 is 4.79 Å². The lowest BCUT2D eigenvalue weighted by Crippen LogP contribution is -2.39. The van der Waals surface area contributed by atoms with Crippen molar-refractivity contribution in [3.8, 4) is 6.07 Å². The maximum absolute atomic E-state index is 13.3. The van der Waals surface area contributed by atoms with Crippen LogP contribution in [0.2, 0.25) is 0 Å². The number of hydrogen-bond acceptors (Lipinski definition) is 6. The molecule has 3 heterocycles. The summed E-state index contributed by atoms with van der Waals surface area (Å²) in [5, 5.41) is 9.84. The fraction of sp³-hybridized carbons (Fsp3) is 0.467. The number of rotatable bonds is 9. The quantitative estimate of drug-likeness (QED) is 0.221. The molecule has 0 radical (unpaired) electrons. The topological polar surface area (TPSA) is 69.3 Å². The van der Waals surface area contributed by atoms with Crippen LogP contribution in [0.5, 0.6) is 0 Å². The summed E-state index contributed by atoms with van der Waals surface area (Å²) in [7, 11) is 0. The minimum atomic E-state index is -0.266. The predicted molar refractivity (Wildman–Crippen MR) is 160 cm³/mol. The van der Waals surface area contributed by atoms with Crippen molar-refractivity contribution in [2.24, 2.45) is 5.92 Å². The van der Waals surface area contributed by atoms with Crippen molar-refractivity contribution >= 4 is 46.1 Å². The van der Waals surface area contributed by atoms with Gasteiger partial charge in [0.2, 0.25) is 0 Å². The van der Waals surface area contributed by atoms with Crippen LogP contribution >= 0.6 is 24.0 Å². The molecule has 0 spiro atoms. The first kappa shape index (κ1) is 28.1. The lowest BCUT2D eigenvalue weighted by atomic mass is 9.90. The molecule has 8 heteroatoms. The first-order valence-corrected chi connectivity index (χ1v) is 14.8. The average Bonchev–Trinajstić information content (AvgIpc) is 3.19. The molecule has 0 saturated carbocycles. The van der Waals surface area contributed by atoms with Crippen molar-refractivity contribution in [2.45, 2.75) is 65.8 Å². The van der Waals surface area contributed by atoms with Crippen LogP contribution < -0.4 is 10.5 Å². The van der Waals surface area contributed by atoms with Crippen LogP contribution in [0.3, 0.4) is 0 Å². The molecule has 1 aromatic heterocycles. The van der Waals surface area contributed by atoms with Gasteiger partial charge in [0.1, 0.15) is 21.8 Å². The molecule has 2 aliphatic heterocycles. The van der Waals surface area contributed by atoms with Gasteiger partial charge in [-0.2, -0.15) is 5.26 Å². The second-order valence-electron chi connectivity index (χ2n) is 10.1. The van der Waals surface area contributed by atoms with E-state index < -0.39 is 0 Å². The lowest BCUT2D eigenvalue weighted by molar-refractivity contribution is -0.122. The highest BCUT2D eigenvalue weighted by atomic mass is 32.2. The van der Waals surface area contributed by atoms with Gasteiger partial charge in [-0.25, -0.2) is 0 Å². The number of unbranched alkanes of at least 4 members (excludes halogenated alkanes) is 2. The zero-order valence-corrected chi connectivity index (χ0v) is 24.2. The van der Waals surface area contributed by atoms with Crippen molar-refractivity contribution in [3.05, 3.63) is 67.8 Å². The predicted octanol–water partition coefficient (Wildman–Crippen LogP) is 5.90. The second-order valence-corrected chi connectivity index (χ2v) is 11.7. The van der Waals surface area contributed by atoms with Crippen molar-refractivity contribution in [1.29, 1.82) is 5.26 Å². The summed E-state index contributed by atoms with van der Waals surface area (Å²) in [4.78, 5) is 31.1. The number of thioether (sulfide) groups is 1. The molecule has 0 atom stereocenters. The summed E-state index contributed by atoms with van der Waals surface area (Å²) in [5.74, 6) is 1.30. The number of benzene rings is 1. The van der Waals surface area contributed by atoms with Gasteiger partial charge in [0, 0.05) is 31.7 Å². The number of amides is 1. The van der Waals surface area contributed by atoms with Crippen molar-refractivity contribution in [2.75, 3.05) is 24.5 Å². The van der Waals surface area contributed by atoms with E-state index in [9.17, 15) is 14.9 Å². The molecule has 1 amide bonds. The Morgan fingerprint density at radius 3 is 2.47 bits per heavy atom. The minimum absolute atomic E-state index is 0.0872. The highest BCUT2D eigenvalue weighted by Gasteiger charge is 2.33. The molecule has 38 heavy (non-hydrogen) atoms. The molecule has 0 N–H and O–H groups in total. The summed E-state index contributed by atoms with van der Waals surface area (Å²) in [6.45, 7) is 8.59. The molecule has 6 nitrogen and oxygen atoms in total. The monoisotopic (exact) mass is 548 g/mol. The van der Waals surface area contributed by atoms with E-state index in [1.54, 1.807) is 9.47 Å². The van der Waals surface area contributed by atoms with Crippen LogP contribution in [-0.4, -0.2) is 39.3 Å². The first-order valence-electron chi connectivity index (χ1n) is 13.6. The van der Waals surface area contributed by atoms with E-state index in [-0.39, 0.29) is 17.0 Å². The zero-order valence-electron chi connectivity index (χ0n) is 22.5. The highest BCUT2D eigenvalue weighted by molar-refractivity contribution is 8.26. The molecular weight excluding hydrogens is 512 g/mol. The molecule has 2 fully saturated rings. The number of aromatic nitrogens is 1. The Balaban J connectivity index is 1.68. The van der Waals surface area contributed by atoms with E-state index in [1.807, 2.05) is 26.0 Å². The third-order valence-corrected chi connectivity index (χ3v) is 8.96.